The molecule has 0 aromatic heterocycles. The number of amides is 1. The van der Waals surface area contributed by atoms with E-state index in [4.69, 9.17) is 0 Å². The van der Waals surface area contributed by atoms with Crippen LogP contribution in [0.5, 0.6) is 0 Å². The molecular formula is C14H22N2O. The van der Waals surface area contributed by atoms with Gasteiger partial charge in [-0.15, -0.1) is 0 Å². The summed E-state index contributed by atoms with van der Waals surface area (Å²) in [6, 6.07) is 9.97. The Kier molecular flexibility index (Phi) is 6.33. The van der Waals surface area contributed by atoms with Gasteiger partial charge in [-0.3, -0.25) is 4.79 Å². The molecule has 0 heterocycles. The first-order valence-corrected chi connectivity index (χ1v) is 6.26. The molecule has 17 heavy (non-hydrogen) atoms. The fourth-order valence-electron chi connectivity index (χ4n) is 1.73. The van der Waals surface area contributed by atoms with E-state index in [2.05, 4.69) is 29.7 Å². The predicted octanol–water partition coefficient (Wildman–Crippen LogP) is 1.73. The van der Waals surface area contributed by atoms with Crippen molar-refractivity contribution in [2.24, 2.45) is 0 Å². The smallest absolute Gasteiger partial charge is 0.237 e. The highest BCUT2D eigenvalue weighted by atomic mass is 16.2. The molecule has 1 atom stereocenters. The van der Waals surface area contributed by atoms with Crippen LogP contribution in [0.25, 0.3) is 0 Å². The van der Waals surface area contributed by atoms with Crippen molar-refractivity contribution in [1.82, 2.24) is 10.6 Å². The van der Waals surface area contributed by atoms with Crippen molar-refractivity contribution in [3.8, 4) is 0 Å². The molecule has 1 aromatic carbocycles. The summed E-state index contributed by atoms with van der Waals surface area (Å²) < 4.78 is 0. The average molecular weight is 234 g/mol. The molecule has 0 saturated heterocycles. The largest absolute Gasteiger partial charge is 0.358 e. The monoisotopic (exact) mass is 234 g/mol. The third kappa shape index (κ3) is 5.00. The molecule has 0 saturated carbocycles. The average Bonchev–Trinajstić information content (AvgIpc) is 2.38. The number of likely N-dealkylation sites (N-methyl/N-ethyl adjacent to an activating group) is 1. The molecule has 1 rings (SSSR count). The highest BCUT2D eigenvalue weighted by Gasteiger charge is 2.16. The lowest BCUT2D eigenvalue weighted by molar-refractivity contribution is -0.122. The van der Waals surface area contributed by atoms with E-state index in [1.165, 1.54) is 5.56 Å². The molecule has 0 aliphatic rings. The van der Waals surface area contributed by atoms with Gasteiger partial charge in [0, 0.05) is 7.05 Å². The zero-order valence-electron chi connectivity index (χ0n) is 10.7. The molecule has 3 heteroatoms. The van der Waals surface area contributed by atoms with Crippen LogP contribution in [0, 0.1) is 0 Å². The topological polar surface area (TPSA) is 41.1 Å². The quantitative estimate of drug-likeness (QED) is 0.706. The Morgan fingerprint density at radius 1 is 1.29 bits per heavy atom. The number of benzene rings is 1. The summed E-state index contributed by atoms with van der Waals surface area (Å²) in [5.41, 5.74) is 1.19. The van der Waals surface area contributed by atoms with E-state index < -0.39 is 0 Å². The maximum Gasteiger partial charge on any atom is 0.237 e. The third-order valence-corrected chi connectivity index (χ3v) is 2.77. The summed E-state index contributed by atoms with van der Waals surface area (Å²) in [4.78, 5) is 11.7. The van der Waals surface area contributed by atoms with E-state index in [1.54, 1.807) is 7.05 Å². The van der Waals surface area contributed by atoms with E-state index in [-0.39, 0.29) is 11.9 Å². The molecular weight excluding hydrogens is 212 g/mol. The molecule has 0 unspecified atom stereocenters. The number of hydrogen-bond donors (Lipinski definition) is 2. The Morgan fingerprint density at radius 3 is 2.59 bits per heavy atom. The van der Waals surface area contributed by atoms with Crippen molar-refractivity contribution >= 4 is 5.91 Å². The van der Waals surface area contributed by atoms with Crippen molar-refractivity contribution in [3.05, 3.63) is 35.9 Å². The predicted molar refractivity (Wildman–Crippen MR) is 70.9 cm³/mol. The maximum atomic E-state index is 11.7. The van der Waals surface area contributed by atoms with Gasteiger partial charge in [-0.2, -0.15) is 0 Å². The van der Waals surface area contributed by atoms with Gasteiger partial charge in [0.2, 0.25) is 5.91 Å². The Labute approximate surface area is 104 Å². The van der Waals surface area contributed by atoms with Crippen molar-refractivity contribution in [2.45, 2.75) is 32.2 Å². The highest BCUT2D eigenvalue weighted by Crippen LogP contribution is 2.03. The number of hydrogen-bond acceptors (Lipinski definition) is 2. The van der Waals surface area contributed by atoms with Crippen LogP contribution >= 0.6 is 0 Å². The van der Waals surface area contributed by atoms with Crippen LogP contribution in [0.4, 0.5) is 0 Å². The summed E-state index contributed by atoms with van der Waals surface area (Å²) >= 11 is 0. The van der Waals surface area contributed by atoms with Gasteiger partial charge in [0.25, 0.3) is 0 Å². The molecule has 0 aliphatic carbocycles. The van der Waals surface area contributed by atoms with Crippen LogP contribution in [-0.4, -0.2) is 25.5 Å². The van der Waals surface area contributed by atoms with Gasteiger partial charge >= 0.3 is 0 Å². The minimum Gasteiger partial charge on any atom is -0.358 e. The zero-order valence-corrected chi connectivity index (χ0v) is 10.7. The normalized spacial score (nSPS) is 12.1. The van der Waals surface area contributed by atoms with Gasteiger partial charge in [0.15, 0.2) is 0 Å². The molecule has 1 amide bonds. The zero-order chi connectivity index (χ0) is 12.5. The van der Waals surface area contributed by atoms with Gasteiger partial charge in [-0.1, -0.05) is 43.7 Å². The fraction of sp³-hybridized carbons (Fsp3) is 0.500. The first-order valence-electron chi connectivity index (χ1n) is 6.26. The molecule has 0 spiro atoms. The lowest BCUT2D eigenvalue weighted by Crippen LogP contribution is -2.44. The van der Waals surface area contributed by atoms with Crippen LogP contribution < -0.4 is 10.6 Å². The molecule has 0 bridgehead atoms. The minimum atomic E-state index is -0.131. The Hall–Kier alpha value is -1.35. The van der Waals surface area contributed by atoms with E-state index in [0.717, 1.165) is 25.8 Å². The molecule has 0 aliphatic heterocycles. The Morgan fingerprint density at radius 2 is 2.00 bits per heavy atom. The second kappa shape index (κ2) is 7.85. The minimum absolute atomic E-state index is 0.0601. The van der Waals surface area contributed by atoms with Crippen LogP contribution in [0.3, 0.4) is 0 Å². The van der Waals surface area contributed by atoms with Gasteiger partial charge in [-0.05, 0) is 24.9 Å². The van der Waals surface area contributed by atoms with Gasteiger partial charge < -0.3 is 10.6 Å². The molecule has 0 fully saturated rings. The summed E-state index contributed by atoms with van der Waals surface area (Å²) in [7, 11) is 1.68. The molecule has 3 nitrogen and oxygen atoms in total. The van der Waals surface area contributed by atoms with Crippen molar-refractivity contribution in [1.29, 1.82) is 0 Å². The lowest BCUT2D eigenvalue weighted by atomic mass is 10.1. The van der Waals surface area contributed by atoms with E-state index >= 15 is 0 Å². The van der Waals surface area contributed by atoms with Gasteiger partial charge in [-0.25, -0.2) is 0 Å². The summed E-state index contributed by atoms with van der Waals surface area (Å²) in [5, 5.41) is 6.02. The molecule has 2 N–H and O–H groups in total. The number of rotatable bonds is 7. The van der Waals surface area contributed by atoms with Crippen molar-refractivity contribution < 1.29 is 4.79 Å². The van der Waals surface area contributed by atoms with E-state index in [1.807, 2.05) is 18.2 Å². The van der Waals surface area contributed by atoms with Crippen LogP contribution in [-0.2, 0) is 11.2 Å². The fourth-order valence-corrected chi connectivity index (χ4v) is 1.73. The second-order valence-electron chi connectivity index (χ2n) is 4.16. The number of nitrogens with one attached hydrogen (secondary N) is 2. The Balaban J connectivity index is 2.54. The van der Waals surface area contributed by atoms with Crippen molar-refractivity contribution in [2.75, 3.05) is 13.6 Å². The van der Waals surface area contributed by atoms with E-state index in [0.29, 0.717) is 0 Å². The molecule has 0 radical (unpaired) electrons. The van der Waals surface area contributed by atoms with Crippen LogP contribution in [0.2, 0.25) is 0 Å². The van der Waals surface area contributed by atoms with Crippen LogP contribution in [0.15, 0.2) is 30.3 Å². The summed E-state index contributed by atoms with van der Waals surface area (Å²) in [5.74, 6) is 0.0601. The highest BCUT2D eigenvalue weighted by molar-refractivity contribution is 5.81. The van der Waals surface area contributed by atoms with Gasteiger partial charge in [0.1, 0.15) is 0 Å². The van der Waals surface area contributed by atoms with Gasteiger partial charge in [0.05, 0.1) is 6.04 Å². The third-order valence-electron chi connectivity index (χ3n) is 2.77. The number of carbonyl (C=O) groups is 1. The number of carbonyl (C=O) groups excluding carboxylic acids is 1. The SMILES string of the molecule is CCCCN[C@@H](Cc1ccccc1)C(=O)NC. The second-order valence-corrected chi connectivity index (χ2v) is 4.16. The summed E-state index contributed by atoms with van der Waals surface area (Å²) in [6.07, 6.45) is 2.98. The number of unbranched alkanes of at least 4 members (excludes halogenated alkanes) is 1. The van der Waals surface area contributed by atoms with E-state index in [9.17, 15) is 4.79 Å². The van der Waals surface area contributed by atoms with Crippen LogP contribution in [0.1, 0.15) is 25.3 Å². The standard InChI is InChI=1S/C14H22N2O/c1-3-4-10-16-13(14(17)15-2)11-12-8-6-5-7-9-12/h5-9,13,16H,3-4,10-11H2,1-2H3,(H,15,17)/t13-/m0/s1. The molecule has 1 aromatic rings. The summed E-state index contributed by atoms with van der Waals surface area (Å²) in [6.45, 7) is 3.04. The maximum absolute atomic E-state index is 11.7. The molecule has 94 valence electrons. The first-order chi connectivity index (χ1) is 8.27. The lowest BCUT2D eigenvalue weighted by Gasteiger charge is -2.17. The Bertz CT molecular complexity index is 324. The van der Waals surface area contributed by atoms with Crippen molar-refractivity contribution in [3.63, 3.8) is 0 Å². The first kappa shape index (κ1) is 13.7.